The number of hydrogen-bond acceptors (Lipinski definition) is 3. The van der Waals surface area contributed by atoms with Gasteiger partial charge in [0.25, 0.3) is 0 Å². The van der Waals surface area contributed by atoms with Crippen LogP contribution >= 0.6 is 0 Å². The molecule has 0 saturated heterocycles. The molecule has 1 aliphatic rings. The van der Waals surface area contributed by atoms with Gasteiger partial charge in [-0.25, -0.2) is 0 Å². The molecule has 0 amide bonds. The number of nitrogens with two attached hydrogens (primary N) is 1. The maximum Gasteiger partial charge on any atom is 0.324 e. The molecule has 1 aliphatic carbocycles. The normalized spacial score (nSPS) is 40.9. The first-order valence-corrected chi connectivity index (χ1v) is 3.19. The molecule has 1 saturated carbocycles. The summed E-state index contributed by atoms with van der Waals surface area (Å²) in [6, 6.07) is 0. The Morgan fingerprint density at radius 3 is 2.50 bits per heavy atom. The van der Waals surface area contributed by atoms with Crippen molar-refractivity contribution >= 4 is 5.97 Å². The first kappa shape index (κ1) is 7.50. The second-order valence-corrected chi connectivity index (χ2v) is 2.90. The van der Waals surface area contributed by atoms with Crippen LogP contribution in [-0.2, 0) is 4.79 Å². The smallest absolute Gasteiger partial charge is 0.324 e. The first-order chi connectivity index (χ1) is 4.48. The van der Waals surface area contributed by atoms with E-state index in [0.29, 0.717) is 6.42 Å². The minimum absolute atomic E-state index is 0.259. The van der Waals surface area contributed by atoms with Crippen LogP contribution in [0.1, 0.15) is 13.3 Å². The standard InChI is InChI=1S/C6H11NO3/c1-3(8)4-2-6(4,7)5(9)10/h3-4,8H,2,7H2,1H3,(H,9,10)/t3-,4-,6+/m0/s1. The third kappa shape index (κ3) is 0.892. The zero-order chi connectivity index (χ0) is 7.94. The van der Waals surface area contributed by atoms with Crippen molar-refractivity contribution in [1.29, 1.82) is 0 Å². The minimum atomic E-state index is -1.14. The quantitative estimate of drug-likeness (QED) is 0.473. The van der Waals surface area contributed by atoms with Gasteiger partial charge in [0, 0.05) is 5.92 Å². The Hall–Kier alpha value is -0.610. The third-order valence-corrected chi connectivity index (χ3v) is 2.04. The average Bonchev–Trinajstić information content (AvgIpc) is 2.43. The van der Waals surface area contributed by atoms with Crippen molar-refractivity contribution in [2.75, 3.05) is 0 Å². The maximum absolute atomic E-state index is 10.4. The summed E-state index contributed by atoms with van der Waals surface area (Å²) >= 11 is 0. The summed E-state index contributed by atoms with van der Waals surface area (Å²) < 4.78 is 0. The number of aliphatic carboxylic acids is 1. The monoisotopic (exact) mass is 145 g/mol. The molecule has 4 N–H and O–H groups in total. The zero-order valence-corrected chi connectivity index (χ0v) is 5.74. The van der Waals surface area contributed by atoms with Crippen LogP contribution in [0.5, 0.6) is 0 Å². The molecule has 1 rings (SSSR count). The van der Waals surface area contributed by atoms with E-state index >= 15 is 0 Å². The second kappa shape index (κ2) is 1.93. The van der Waals surface area contributed by atoms with E-state index in [1.807, 2.05) is 0 Å². The molecule has 4 heteroatoms. The van der Waals surface area contributed by atoms with Gasteiger partial charge < -0.3 is 15.9 Å². The highest BCUT2D eigenvalue weighted by Gasteiger charge is 2.59. The highest BCUT2D eigenvalue weighted by Crippen LogP contribution is 2.43. The molecule has 0 aromatic rings. The molecular formula is C6H11NO3. The van der Waals surface area contributed by atoms with Gasteiger partial charge >= 0.3 is 5.97 Å². The minimum Gasteiger partial charge on any atom is -0.480 e. The van der Waals surface area contributed by atoms with Gasteiger partial charge in [-0.05, 0) is 13.3 Å². The van der Waals surface area contributed by atoms with Gasteiger partial charge in [-0.3, -0.25) is 4.79 Å². The molecular weight excluding hydrogens is 134 g/mol. The maximum atomic E-state index is 10.4. The number of carboxylic acid groups (broad SMARTS) is 1. The summed E-state index contributed by atoms with van der Waals surface area (Å²) in [5.41, 5.74) is 4.23. The summed E-state index contributed by atoms with van der Waals surface area (Å²) in [4.78, 5) is 10.4. The zero-order valence-electron chi connectivity index (χ0n) is 5.74. The van der Waals surface area contributed by atoms with Gasteiger partial charge in [-0.15, -0.1) is 0 Å². The molecule has 4 nitrogen and oxygen atoms in total. The molecule has 10 heavy (non-hydrogen) atoms. The summed E-state index contributed by atoms with van der Waals surface area (Å²) in [6.07, 6.45) is -0.221. The van der Waals surface area contributed by atoms with Gasteiger partial charge in [-0.2, -0.15) is 0 Å². The Kier molecular flexibility index (Phi) is 1.45. The number of aliphatic hydroxyl groups excluding tert-OH is 1. The van der Waals surface area contributed by atoms with Crippen LogP contribution < -0.4 is 5.73 Å². The average molecular weight is 145 g/mol. The predicted molar refractivity (Wildman–Crippen MR) is 34.3 cm³/mol. The number of rotatable bonds is 2. The van der Waals surface area contributed by atoms with Crippen molar-refractivity contribution in [3.05, 3.63) is 0 Å². The van der Waals surface area contributed by atoms with Gasteiger partial charge in [0.2, 0.25) is 0 Å². The number of aliphatic hydroxyl groups is 1. The van der Waals surface area contributed by atoms with Crippen molar-refractivity contribution in [3.63, 3.8) is 0 Å². The summed E-state index contributed by atoms with van der Waals surface area (Å²) in [5, 5.41) is 17.4. The molecule has 0 bridgehead atoms. The van der Waals surface area contributed by atoms with Crippen LogP contribution in [0.25, 0.3) is 0 Å². The highest BCUT2D eigenvalue weighted by molar-refractivity contribution is 5.83. The molecule has 3 atom stereocenters. The number of carbonyl (C=O) groups is 1. The van der Waals surface area contributed by atoms with E-state index in [1.54, 1.807) is 6.92 Å². The van der Waals surface area contributed by atoms with Crippen molar-refractivity contribution < 1.29 is 15.0 Å². The Morgan fingerprint density at radius 2 is 2.40 bits per heavy atom. The highest BCUT2D eigenvalue weighted by atomic mass is 16.4. The second-order valence-electron chi connectivity index (χ2n) is 2.90. The molecule has 0 spiro atoms. The fourth-order valence-corrected chi connectivity index (χ4v) is 1.15. The summed E-state index contributed by atoms with van der Waals surface area (Å²) in [6.45, 7) is 1.56. The third-order valence-electron chi connectivity index (χ3n) is 2.04. The van der Waals surface area contributed by atoms with E-state index < -0.39 is 17.6 Å². The van der Waals surface area contributed by atoms with Crippen LogP contribution in [-0.4, -0.2) is 27.8 Å². The topological polar surface area (TPSA) is 83.5 Å². The van der Waals surface area contributed by atoms with Crippen LogP contribution in [0, 0.1) is 5.92 Å². The van der Waals surface area contributed by atoms with Crippen LogP contribution in [0.3, 0.4) is 0 Å². The van der Waals surface area contributed by atoms with Crippen molar-refractivity contribution in [2.45, 2.75) is 25.0 Å². The Morgan fingerprint density at radius 1 is 1.90 bits per heavy atom. The van der Waals surface area contributed by atoms with Gasteiger partial charge in [0.15, 0.2) is 0 Å². The summed E-state index contributed by atoms with van der Waals surface area (Å²) in [7, 11) is 0. The van der Waals surface area contributed by atoms with E-state index in [9.17, 15) is 4.79 Å². The molecule has 0 aliphatic heterocycles. The van der Waals surface area contributed by atoms with Crippen LogP contribution in [0.4, 0.5) is 0 Å². The molecule has 58 valence electrons. The van der Waals surface area contributed by atoms with Gasteiger partial charge in [-0.1, -0.05) is 0 Å². The number of hydrogen-bond donors (Lipinski definition) is 3. The molecule has 0 radical (unpaired) electrons. The molecule has 0 aromatic carbocycles. The van der Waals surface area contributed by atoms with E-state index in [2.05, 4.69) is 0 Å². The fourth-order valence-electron chi connectivity index (χ4n) is 1.15. The van der Waals surface area contributed by atoms with Crippen molar-refractivity contribution in [2.24, 2.45) is 11.7 Å². The lowest BCUT2D eigenvalue weighted by Gasteiger charge is -2.06. The Balaban J connectivity index is 2.56. The van der Waals surface area contributed by atoms with Crippen LogP contribution in [0.2, 0.25) is 0 Å². The van der Waals surface area contributed by atoms with Crippen LogP contribution in [0.15, 0.2) is 0 Å². The fraction of sp³-hybridized carbons (Fsp3) is 0.833. The van der Waals surface area contributed by atoms with Gasteiger partial charge in [0.05, 0.1) is 6.10 Å². The van der Waals surface area contributed by atoms with Crippen molar-refractivity contribution in [1.82, 2.24) is 0 Å². The lowest BCUT2D eigenvalue weighted by molar-refractivity contribution is -0.140. The summed E-state index contributed by atoms with van der Waals surface area (Å²) in [5.74, 6) is -1.27. The lowest BCUT2D eigenvalue weighted by atomic mass is 10.1. The SMILES string of the molecule is C[C@H](O)[C@@H]1C[C@]1(N)C(=O)O. The Bertz CT molecular complexity index is 168. The molecule has 1 fully saturated rings. The lowest BCUT2D eigenvalue weighted by Crippen LogP contribution is -2.37. The molecule has 0 unspecified atom stereocenters. The first-order valence-electron chi connectivity index (χ1n) is 3.19. The largest absolute Gasteiger partial charge is 0.480 e. The number of carboxylic acids is 1. The van der Waals surface area contributed by atoms with E-state index in [1.165, 1.54) is 0 Å². The van der Waals surface area contributed by atoms with E-state index in [4.69, 9.17) is 15.9 Å². The molecule has 0 aromatic heterocycles. The van der Waals surface area contributed by atoms with E-state index in [0.717, 1.165) is 0 Å². The molecule has 0 heterocycles. The van der Waals surface area contributed by atoms with Crippen molar-refractivity contribution in [3.8, 4) is 0 Å². The van der Waals surface area contributed by atoms with Gasteiger partial charge in [0.1, 0.15) is 5.54 Å². The predicted octanol–water partition coefficient (Wildman–Crippen LogP) is -0.831. The van der Waals surface area contributed by atoms with E-state index in [-0.39, 0.29) is 5.92 Å². The Labute approximate surface area is 58.6 Å².